The summed E-state index contributed by atoms with van der Waals surface area (Å²) in [6.07, 6.45) is 0. The smallest absolute Gasteiger partial charge is 0.334 e. The van der Waals surface area contributed by atoms with Crippen LogP contribution < -0.4 is 47.4 Å². The monoisotopic (exact) mass is 584 g/mol. The Morgan fingerprint density at radius 3 is 1.17 bits per heavy atom. The van der Waals surface area contributed by atoms with E-state index in [0.717, 1.165) is 0 Å². The fourth-order valence-corrected chi connectivity index (χ4v) is 5.15. The largest absolute Gasteiger partial charge is 0.493 e. The molecule has 0 atom stereocenters. The van der Waals surface area contributed by atoms with Crippen molar-refractivity contribution in [2.75, 3.05) is 64.0 Å². The van der Waals surface area contributed by atoms with Gasteiger partial charge in [0.1, 0.15) is 11.3 Å². The van der Waals surface area contributed by atoms with Crippen LogP contribution in [0.1, 0.15) is 21.5 Å². The predicted molar refractivity (Wildman–Crippen MR) is 149 cm³/mol. The Morgan fingerprint density at radius 2 is 0.833 bits per heavy atom. The van der Waals surface area contributed by atoms with Crippen LogP contribution in [0.25, 0.3) is 0 Å². The van der Waals surface area contributed by atoms with E-state index in [1.165, 1.54) is 94.3 Å². The second-order valence-electron chi connectivity index (χ2n) is 8.82. The Kier molecular flexibility index (Phi) is 8.46. The average molecular weight is 585 g/mol. The van der Waals surface area contributed by atoms with E-state index in [4.69, 9.17) is 47.4 Å². The van der Waals surface area contributed by atoms with Gasteiger partial charge in [0.15, 0.2) is 45.7 Å². The SMILES string of the molecule is COc1cc(C2(c3cc(OC)c(OC)c(OC)c3)C(=O)Oc3cc(OC)c(OC)c(OC)c3C2=O)cc(OC)c1OC. The normalized spacial score (nSPS) is 13.4. The van der Waals surface area contributed by atoms with Gasteiger partial charge in [-0.2, -0.15) is 0 Å². The molecule has 0 unspecified atom stereocenters. The number of ether oxygens (including phenoxy) is 10. The number of rotatable bonds is 11. The third-order valence-electron chi connectivity index (χ3n) is 7.07. The van der Waals surface area contributed by atoms with Crippen LogP contribution in [0.15, 0.2) is 30.3 Å². The zero-order valence-electron chi connectivity index (χ0n) is 24.8. The molecule has 0 aromatic heterocycles. The lowest BCUT2D eigenvalue weighted by Crippen LogP contribution is -2.50. The molecular weight excluding hydrogens is 552 g/mol. The van der Waals surface area contributed by atoms with Gasteiger partial charge in [-0.05, 0) is 35.4 Å². The van der Waals surface area contributed by atoms with Crippen LogP contribution in [0.5, 0.6) is 57.5 Å². The molecular formula is C30H32O12. The maximum Gasteiger partial charge on any atom is 0.334 e. The summed E-state index contributed by atoms with van der Waals surface area (Å²) in [5.74, 6) is -0.0657. The number of Topliss-reactive ketones (excluding diaryl/α,β-unsaturated/α-hetero) is 1. The van der Waals surface area contributed by atoms with Crippen molar-refractivity contribution in [3.05, 3.63) is 47.0 Å². The molecule has 3 aromatic carbocycles. The summed E-state index contributed by atoms with van der Waals surface area (Å²) in [6.45, 7) is 0. The first-order valence-electron chi connectivity index (χ1n) is 12.5. The molecule has 0 N–H and O–H groups in total. The number of benzene rings is 3. The maximum atomic E-state index is 15.0. The Bertz CT molecular complexity index is 1410. The van der Waals surface area contributed by atoms with E-state index in [1.54, 1.807) is 0 Å². The molecule has 0 amide bonds. The minimum atomic E-state index is -2.17. The average Bonchev–Trinajstić information content (AvgIpc) is 3.02. The van der Waals surface area contributed by atoms with E-state index in [2.05, 4.69) is 0 Å². The molecule has 12 heteroatoms. The number of hydrogen-bond donors (Lipinski definition) is 0. The molecule has 224 valence electrons. The fourth-order valence-electron chi connectivity index (χ4n) is 5.15. The number of methoxy groups -OCH3 is 9. The van der Waals surface area contributed by atoms with Crippen molar-refractivity contribution in [2.24, 2.45) is 0 Å². The highest BCUT2D eigenvalue weighted by Gasteiger charge is 2.57. The summed E-state index contributed by atoms with van der Waals surface area (Å²) in [5, 5.41) is 0. The molecule has 0 aliphatic carbocycles. The van der Waals surface area contributed by atoms with Gasteiger partial charge in [0.25, 0.3) is 0 Å². The first-order valence-corrected chi connectivity index (χ1v) is 12.5. The van der Waals surface area contributed by atoms with Crippen molar-refractivity contribution >= 4 is 11.8 Å². The summed E-state index contributed by atoms with van der Waals surface area (Å²) < 4.78 is 55.8. The Morgan fingerprint density at radius 1 is 0.476 bits per heavy atom. The Labute approximate surface area is 242 Å². The van der Waals surface area contributed by atoms with Crippen molar-refractivity contribution in [2.45, 2.75) is 5.41 Å². The van der Waals surface area contributed by atoms with E-state index in [1.807, 2.05) is 0 Å². The van der Waals surface area contributed by atoms with Gasteiger partial charge in [-0.3, -0.25) is 4.79 Å². The minimum absolute atomic E-state index is 0.00797. The molecule has 0 bridgehead atoms. The zero-order valence-corrected chi connectivity index (χ0v) is 24.8. The molecule has 0 radical (unpaired) electrons. The van der Waals surface area contributed by atoms with Gasteiger partial charge >= 0.3 is 5.97 Å². The van der Waals surface area contributed by atoms with Crippen molar-refractivity contribution < 1.29 is 57.0 Å². The third-order valence-corrected chi connectivity index (χ3v) is 7.07. The standard InChI is InChI=1S/C30H32O12/c1-33-18-10-15(11-19(34-2)24(18)38-6)30(16-12-20(35-3)25(39-7)21(13-16)36-4)28(31)23-17(42-29(30)32)14-22(37-5)26(40-8)27(23)41-9/h10-14H,1-9H3. The van der Waals surface area contributed by atoms with Crippen molar-refractivity contribution in [1.29, 1.82) is 0 Å². The van der Waals surface area contributed by atoms with Crippen molar-refractivity contribution in [3.8, 4) is 57.5 Å². The summed E-state index contributed by atoms with van der Waals surface area (Å²) in [6, 6.07) is 7.40. The molecule has 0 saturated carbocycles. The topological polar surface area (TPSA) is 126 Å². The van der Waals surface area contributed by atoms with Crippen molar-refractivity contribution in [3.63, 3.8) is 0 Å². The van der Waals surface area contributed by atoms with E-state index in [-0.39, 0.29) is 74.2 Å². The second kappa shape index (κ2) is 11.9. The van der Waals surface area contributed by atoms with Crippen LogP contribution in [0, 0.1) is 0 Å². The molecule has 1 heterocycles. The lowest BCUT2D eigenvalue weighted by atomic mass is 9.67. The maximum absolute atomic E-state index is 15.0. The Hall–Kier alpha value is -5.00. The summed E-state index contributed by atoms with van der Waals surface area (Å²) in [4.78, 5) is 29.4. The fraction of sp³-hybridized carbons (Fsp3) is 0.333. The van der Waals surface area contributed by atoms with Crippen LogP contribution in [-0.2, 0) is 10.2 Å². The van der Waals surface area contributed by atoms with E-state index in [0.29, 0.717) is 0 Å². The van der Waals surface area contributed by atoms with Crippen LogP contribution in [0.4, 0.5) is 0 Å². The molecule has 1 aliphatic rings. The molecule has 0 spiro atoms. The van der Waals surface area contributed by atoms with Gasteiger partial charge in [-0.1, -0.05) is 0 Å². The van der Waals surface area contributed by atoms with E-state index >= 15 is 4.79 Å². The lowest BCUT2D eigenvalue weighted by Gasteiger charge is -2.37. The van der Waals surface area contributed by atoms with Crippen molar-refractivity contribution in [1.82, 2.24) is 0 Å². The number of esters is 1. The molecule has 4 rings (SSSR count). The van der Waals surface area contributed by atoms with Gasteiger partial charge in [0, 0.05) is 6.07 Å². The third kappa shape index (κ3) is 4.30. The van der Waals surface area contributed by atoms with Gasteiger partial charge in [0.05, 0.1) is 64.0 Å². The molecule has 42 heavy (non-hydrogen) atoms. The molecule has 12 nitrogen and oxygen atoms in total. The number of carbonyl (C=O) groups excluding carboxylic acids is 2. The van der Waals surface area contributed by atoms with Gasteiger partial charge in [-0.25, -0.2) is 4.79 Å². The number of hydrogen-bond acceptors (Lipinski definition) is 12. The highest BCUT2D eigenvalue weighted by molar-refractivity contribution is 6.25. The first-order chi connectivity index (χ1) is 20.2. The van der Waals surface area contributed by atoms with Crippen LogP contribution in [-0.4, -0.2) is 75.7 Å². The van der Waals surface area contributed by atoms with Crippen LogP contribution in [0.2, 0.25) is 0 Å². The van der Waals surface area contributed by atoms with Crippen LogP contribution in [0.3, 0.4) is 0 Å². The molecule has 0 saturated heterocycles. The van der Waals surface area contributed by atoms with E-state index in [9.17, 15) is 4.79 Å². The van der Waals surface area contributed by atoms with Crippen LogP contribution >= 0.6 is 0 Å². The number of ketones is 1. The second-order valence-corrected chi connectivity index (χ2v) is 8.82. The van der Waals surface area contributed by atoms with E-state index < -0.39 is 17.2 Å². The summed E-state index contributed by atoms with van der Waals surface area (Å²) >= 11 is 0. The molecule has 1 aliphatic heterocycles. The summed E-state index contributed by atoms with van der Waals surface area (Å²) in [7, 11) is 12.7. The molecule has 3 aromatic rings. The molecule has 0 fully saturated rings. The zero-order chi connectivity index (χ0) is 30.8. The number of fused-ring (bicyclic) bond motifs is 1. The highest BCUT2D eigenvalue weighted by Crippen LogP contribution is 2.55. The minimum Gasteiger partial charge on any atom is -0.493 e. The number of carbonyl (C=O) groups is 2. The predicted octanol–water partition coefficient (Wildman–Crippen LogP) is 3.85. The van der Waals surface area contributed by atoms with Gasteiger partial charge < -0.3 is 47.4 Å². The lowest BCUT2D eigenvalue weighted by molar-refractivity contribution is -0.138. The first kappa shape index (κ1) is 30.0. The Balaban J connectivity index is 2.21. The van der Waals surface area contributed by atoms with Gasteiger partial charge in [0.2, 0.25) is 17.2 Å². The summed E-state index contributed by atoms with van der Waals surface area (Å²) in [5.41, 5.74) is -1.94. The highest BCUT2D eigenvalue weighted by atomic mass is 16.6. The quantitative estimate of drug-likeness (QED) is 0.185. The van der Waals surface area contributed by atoms with Gasteiger partial charge in [-0.15, -0.1) is 0 Å².